The van der Waals surface area contributed by atoms with Gasteiger partial charge in [-0.3, -0.25) is 0 Å². The Hall–Kier alpha value is -0.320. The summed E-state index contributed by atoms with van der Waals surface area (Å²) in [6, 6.07) is 6.34. The molecular weight excluding hydrogens is 286 g/mol. The number of rotatable bonds is 2. The second-order valence-electron chi connectivity index (χ2n) is 3.90. The van der Waals surface area contributed by atoms with Crippen molar-refractivity contribution in [1.29, 1.82) is 0 Å². The van der Waals surface area contributed by atoms with Crippen molar-refractivity contribution in [2.24, 2.45) is 4.40 Å². The zero-order chi connectivity index (χ0) is 11.4. The first-order chi connectivity index (χ1) is 7.81. The van der Waals surface area contributed by atoms with Gasteiger partial charge in [0.2, 0.25) is 0 Å². The van der Waals surface area contributed by atoms with Crippen LogP contribution in [0.15, 0.2) is 27.1 Å². The highest BCUT2D eigenvalue weighted by molar-refractivity contribution is 9.10. The summed E-state index contributed by atoms with van der Waals surface area (Å²) in [6.45, 7) is 1.72. The minimum atomic E-state index is 0.586. The fourth-order valence-corrected chi connectivity index (χ4v) is 2.60. The van der Waals surface area contributed by atoms with Gasteiger partial charge in [0, 0.05) is 23.9 Å². The number of thiol groups is 1. The monoisotopic (exact) mass is 299 g/mol. The first-order valence-corrected chi connectivity index (χ1v) is 6.55. The smallest absolute Gasteiger partial charge is 0.0471 e. The molecule has 86 valence electrons. The molecule has 0 N–H and O–H groups in total. The number of hydrogen-bond donors (Lipinski definition) is 1. The van der Waals surface area contributed by atoms with Crippen LogP contribution >= 0.6 is 28.7 Å². The van der Waals surface area contributed by atoms with Crippen molar-refractivity contribution in [2.45, 2.75) is 18.8 Å². The van der Waals surface area contributed by atoms with E-state index in [1.165, 1.54) is 5.56 Å². The molecule has 2 nitrogen and oxygen atoms in total. The van der Waals surface area contributed by atoms with E-state index in [0.29, 0.717) is 5.92 Å². The molecule has 0 unspecified atom stereocenters. The largest absolute Gasteiger partial charge is 0.381 e. The SMILES string of the molecule is S/N=C/c1cc(Br)ccc1C1CCOCC1. The van der Waals surface area contributed by atoms with Crippen molar-refractivity contribution in [2.75, 3.05) is 13.2 Å². The van der Waals surface area contributed by atoms with Crippen LogP contribution in [0.4, 0.5) is 0 Å². The minimum Gasteiger partial charge on any atom is -0.381 e. The van der Waals surface area contributed by atoms with Gasteiger partial charge < -0.3 is 4.74 Å². The van der Waals surface area contributed by atoms with Crippen molar-refractivity contribution in [3.8, 4) is 0 Å². The topological polar surface area (TPSA) is 21.6 Å². The lowest BCUT2D eigenvalue weighted by Gasteiger charge is -2.23. The number of ether oxygens (including phenoxy) is 1. The zero-order valence-corrected chi connectivity index (χ0v) is 11.4. The van der Waals surface area contributed by atoms with Gasteiger partial charge in [-0.25, -0.2) is 4.40 Å². The van der Waals surface area contributed by atoms with Crippen LogP contribution in [0, 0.1) is 0 Å². The maximum Gasteiger partial charge on any atom is 0.0471 e. The molecule has 1 aliphatic heterocycles. The Morgan fingerprint density at radius 2 is 2.12 bits per heavy atom. The van der Waals surface area contributed by atoms with Gasteiger partial charge in [0.25, 0.3) is 0 Å². The number of nitrogens with zero attached hydrogens (tertiary/aromatic N) is 1. The molecule has 1 aliphatic rings. The van der Waals surface area contributed by atoms with Crippen LogP contribution in [0.5, 0.6) is 0 Å². The van der Waals surface area contributed by atoms with Crippen LogP contribution in [-0.2, 0) is 4.74 Å². The molecule has 16 heavy (non-hydrogen) atoms. The van der Waals surface area contributed by atoms with E-state index in [2.05, 4.69) is 51.3 Å². The van der Waals surface area contributed by atoms with Gasteiger partial charge in [0.15, 0.2) is 0 Å². The molecule has 1 aromatic carbocycles. The van der Waals surface area contributed by atoms with Crippen molar-refractivity contribution < 1.29 is 4.74 Å². The van der Waals surface area contributed by atoms with Crippen molar-refractivity contribution >= 4 is 35.0 Å². The Kier molecular flexibility index (Phi) is 4.44. The van der Waals surface area contributed by atoms with E-state index in [1.54, 1.807) is 6.21 Å². The van der Waals surface area contributed by atoms with Crippen LogP contribution in [0.3, 0.4) is 0 Å². The summed E-state index contributed by atoms with van der Waals surface area (Å²) in [6.07, 6.45) is 3.99. The summed E-state index contributed by atoms with van der Waals surface area (Å²) in [5.41, 5.74) is 2.50. The molecule has 0 aliphatic carbocycles. The normalized spacial score (nSPS) is 18.1. The Balaban J connectivity index is 2.30. The quantitative estimate of drug-likeness (QED) is 0.654. The van der Waals surface area contributed by atoms with Crippen molar-refractivity contribution in [3.05, 3.63) is 33.8 Å². The lowest BCUT2D eigenvalue weighted by molar-refractivity contribution is 0.0853. The molecular formula is C12H14BrNOS. The second kappa shape index (κ2) is 5.84. The van der Waals surface area contributed by atoms with Crippen molar-refractivity contribution in [3.63, 3.8) is 0 Å². The molecule has 0 saturated carbocycles. The summed E-state index contributed by atoms with van der Waals surface area (Å²) in [4.78, 5) is 0. The first-order valence-electron chi connectivity index (χ1n) is 5.36. The fraction of sp³-hybridized carbons (Fsp3) is 0.417. The van der Waals surface area contributed by atoms with Gasteiger partial charge in [-0.15, -0.1) is 0 Å². The molecule has 1 saturated heterocycles. The Labute approximate surface area is 110 Å². The van der Waals surface area contributed by atoms with E-state index >= 15 is 0 Å². The predicted molar refractivity (Wildman–Crippen MR) is 73.5 cm³/mol. The molecule has 0 atom stereocenters. The van der Waals surface area contributed by atoms with Gasteiger partial charge in [-0.1, -0.05) is 22.0 Å². The molecule has 0 radical (unpaired) electrons. The van der Waals surface area contributed by atoms with Crippen LogP contribution in [-0.4, -0.2) is 19.4 Å². The maximum absolute atomic E-state index is 5.39. The number of benzene rings is 1. The number of halogens is 1. The molecule has 1 aromatic rings. The highest BCUT2D eigenvalue weighted by Gasteiger charge is 2.18. The molecule has 1 heterocycles. The van der Waals surface area contributed by atoms with E-state index in [4.69, 9.17) is 4.74 Å². The lowest BCUT2D eigenvalue weighted by Crippen LogP contribution is -2.15. The fourth-order valence-electron chi connectivity index (χ4n) is 2.10. The summed E-state index contributed by atoms with van der Waals surface area (Å²) in [7, 11) is 0. The van der Waals surface area contributed by atoms with Gasteiger partial charge in [-0.05, 0) is 54.8 Å². The zero-order valence-electron chi connectivity index (χ0n) is 8.90. The average molecular weight is 300 g/mol. The summed E-state index contributed by atoms with van der Waals surface area (Å²) >= 11 is 7.39. The van der Waals surface area contributed by atoms with Gasteiger partial charge in [0.05, 0.1) is 0 Å². The highest BCUT2D eigenvalue weighted by atomic mass is 79.9. The molecule has 0 amide bonds. The summed E-state index contributed by atoms with van der Waals surface area (Å²) in [5.74, 6) is 0.586. The Morgan fingerprint density at radius 1 is 1.38 bits per heavy atom. The van der Waals surface area contributed by atoms with E-state index in [0.717, 1.165) is 36.1 Å². The van der Waals surface area contributed by atoms with E-state index in [-0.39, 0.29) is 0 Å². The molecule has 2 rings (SSSR count). The standard InChI is InChI=1S/C12H14BrNOS/c13-11-1-2-12(10(7-11)8-14-16)9-3-5-15-6-4-9/h1-2,7-9,16H,3-6H2/b14-8+. The van der Waals surface area contributed by atoms with Crippen LogP contribution < -0.4 is 0 Å². The average Bonchev–Trinajstić information content (AvgIpc) is 2.31. The van der Waals surface area contributed by atoms with E-state index in [9.17, 15) is 0 Å². The minimum absolute atomic E-state index is 0.586. The van der Waals surface area contributed by atoms with Crippen LogP contribution in [0.25, 0.3) is 0 Å². The second-order valence-corrected chi connectivity index (χ2v) is 5.05. The third kappa shape index (κ3) is 2.87. The van der Waals surface area contributed by atoms with Gasteiger partial charge in [-0.2, -0.15) is 0 Å². The Bertz CT molecular complexity index is 389. The maximum atomic E-state index is 5.39. The van der Waals surface area contributed by atoms with Crippen molar-refractivity contribution in [1.82, 2.24) is 0 Å². The van der Waals surface area contributed by atoms with Gasteiger partial charge in [0.1, 0.15) is 0 Å². The summed E-state index contributed by atoms with van der Waals surface area (Å²) < 4.78 is 10.3. The van der Waals surface area contributed by atoms with Gasteiger partial charge >= 0.3 is 0 Å². The Morgan fingerprint density at radius 3 is 2.81 bits per heavy atom. The molecule has 1 fully saturated rings. The number of hydrogen-bond acceptors (Lipinski definition) is 3. The molecule has 0 spiro atoms. The van der Waals surface area contributed by atoms with Crippen LogP contribution in [0.1, 0.15) is 29.9 Å². The highest BCUT2D eigenvalue weighted by Crippen LogP contribution is 2.30. The third-order valence-corrected chi connectivity index (χ3v) is 3.52. The lowest BCUT2D eigenvalue weighted by atomic mass is 9.88. The molecule has 4 heteroatoms. The van der Waals surface area contributed by atoms with E-state index < -0.39 is 0 Å². The third-order valence-electron chi connectivity index (χ3n) is 2.91. The predicted octanol–water partition coefficient (Wildman–Crippen LogP) is 3.61. The molecule has 0 aromatic heterocycles. The summed E-state index contributed by atoms with van der Waals surface area (Å²) in [5, 5.41) is 0. The first kappa shape index (κ1) is 12.1. The molecule has 0 bridgehead atoms. The van der Waals surface area contributed by atoms with Crippen LogP contribution in [0.2, 0.25) is 0 Å². The van der Waals surface area contributed by atoms with E-state index in [1.807, 2.05) is 0 Å².